The van der Waals surface area contributed by atoms with Crippen molar-refractivity contribution in [1.29, 1.82) is 21.0 Å². The summed E-state index contributed by atoms with van der Waals surface area (Å²) in [7, 11) is 0. The monoisotopic (exact) mass is 1520 g/mol. The Bertz CT molecular complexity index is 3510. The summed E-state index contributed by atoms with van der Waals surface area (Å²) in [5.74, 6) is -4.30. The minimum atomic E-state index is -1.08. The average molecular weight is 1520 g/mol. The number of hydrogen-bond donors (Lipinski definition) is 4. The molecule has 24 nitrogen and oxygen atoms in total. The van der Waals surface area contributed by atoms with Gasteiger partial charge in [0.2, 0.25) is 0 Å². The van der Waals surface area contributed by atoms with E-state index in [1.165, 1.54) is 73.3 Å². The second kappa shape index (κ2) is 49.3. The van der Waals surface area contributed by atoms with E-state index in [-0.39, 0.29) is 80.7 Å². The molecule has 472 valence electrons. The molecule has 12 aromatic rings. The van der Waals surface area contributed by atoms with E-state index in [2.05, 4.69) is 59.8 Å². The number of carbonyl (C=O) groups is 4. The summed E-state index contributed by atoms with van der Waals surface area (Å²) >= 11 is 0. The fourth-order valence-electron chi connectivity index (χ4n) is 6.93. The minimum absolute atomic E-state index is 0. The van der Waals surface area contributed by atoms with Gasteiger partial charge in [0.1, 0.15) is 0 Å². The van der Waals surface area contributed by atoms with Crippen molar-refractivity contribution in [3.05, 3.63) is 317 Å². The van der Waals surface area contributed by atoms with Crippen molar-refractivity contribution in [3.8, 4) is 68.3 Å². The molecule has 0 saturated heterocycles. The van der Waals surface area contributed by atoms with Gasteiger partial charge in [-0.3, -0.25) is 59.8 Å². The van der Waals surface area contributed by atoms with E-state index in [9.17, 15) is 19.2 Å². The van der Waals surface area contributed by atoms with Gasteiger partial charge in [0, 0.05) is 93.8 Å². The Kier molecular flexibility index (Phi) is 42.8. The molecule has 0 radical (unpaired) electrons. The number of hydrogen-bond acceptors (Lipinski definition) is 20. The molecule has 0 unspecified atom stereocenters. The molecule has 0 aliphatic heterocycles. The van der Waals surface area contributed by atoms with E-state index in [1.54, 1.807) is 49.6 Å². The van der Waals surface area contributed by atoms with E-state index >= 15 is 0 Å². The SMILES string of the molecule is O=C(O)c1ccnc(-c2cc(C(=O)O)ccn2)c1.O=C(O)c1ccnc(-c2cc(C(=O)O)ccn2)c1.[C-]#N.[C-]#N.[C-]#N.[C-]#N.[Ru+2].[Ru+2].[Ru].c1ccc(-c2ccccn2)nc1.c1ccc(-c2ccccn2)nc1.c1ccc(-c2ccccn2)nc1.c1ccc(-c2ccccn2)nc1. The van der Waals surface area contributed by atoms with Crippen molar-refractivity contribution < 1.29 is 98.0 Å². The van der Waals surface area contributed by atoms with Crippen LogP contribution in [0.3, 0.4) is 0 Å². The van der Waals surface area contributed by atoms with Crippen molar-refractivity contribution in [3.63, 3.8) is 0 Å². The van der Waals surface area contributed by atoms with E-state index in [0.717, 1.165) is 45.6 Å². The number of carboxylic acid groups (broad SMARTS) is 4. The summed E-state index contributed by atoms with van der Waals surface area (Å²) in [6, 6.07) is 57.2. The maximum atomic E-state index is 10.8. The molecular weight excluding hydrogens is 1470 g/mol. The summed E-state index contributed by atoms with van der Waals surface area (Å²) in [6.45, 7) is 19.0. The molecule has 12 heterocycles. The fraction of sp³-hybridized carbons (Fsp3) is 0. The van der Waals surface area contributed by atoms with Gasteiger partial charge < -0.3 is 67.8 Å². The fourth-order valence-corrected chi connectivity index (χ4v) is 6.93. The normalized spacial score (nSPS) is 8.76. The van der Waals surface area contributed by atoms with E-state index in [1.807, 2.05) is 146 Å². The van der Waals surface area contributed by atoms with Gasteiger partial charge in [-0.2, -0.15) is 0 Å². The molecule has 12 rings (SSSR count). The number of carboxylic acids is 4. The Balaban J connectivity index is 0.00000109. The van der Waals surface area contributed by atoms with Gasteiger partial charge in [-0.15, -0.1) is 0 Å². The van der Waals surface area contributed by atoms with Gasteiger partial charge in [-0.05, 0) is 146 Å². The molecule has 0 aliphatic carbocycles. The number of pyridine rings is 12. The first-order chi connectivity index (χ1) is 45.0. The van der Waals surface area contributed by atoms with Crippen LogP contribution in [0.5, 0.6) is 0 Å². The van der Waals surface area contributed by atoms with Crippen LogP contribution in [0.2, 0.25) is 0 Å². The van der Waals surface area contributed by atoms with E-state index in [0.29, 0.717) is 22.8 Å². The number of rotatable bonds is 10. The summed E-state index contributed by atoms with van der Waals surface area (Å²) in [5, 5.41) is 60.4. The average Bonchev–Trinajstić information content (AvgIpc) is 1.30. The number of aromatic carboxylic acids is 4. The van der Waals surface area contributed by atoms with Gasteiger partial charge in [0.25, 0.3) is 0 Å². The van der Waals surface area contributed by atoms with E-state index in [4.69, 9.17) is 67.8 Å². The Morgan fingerprint density at radius 2 is 0.347 bits per heavy atom. The van der Waals surface area contributed by atoms with Gasteiger partial charge in [-0.25, -0.2) is 19.2 Å². The zero-order valence-electron chi connectivity index (χ0n) is 49.0. The molecule has 4 N–H and O–H groups in total. The molecule has 12 aromatic heterocycles. The Morgan fingerprint density at radius 3 is 0.453 bits per heavy atom. The summed E-state index contributed by atoms with van der Waals surface area (Å²) in [6.07, 6.45) is 19.5. The minimum Gasteiger partial charge on any atom is -0.512 e. The van der Waals surface area contributed by atoms with Crippen LogP contribution in [0.4, 0.5) is 0 Å². The molecule has 0 aromatic carbocycles. The third-order valence-corrected chi connectivity index (χ3v) is 10.9. The Labute approximate surface area is 584 Å². The van der Waals surface area contributed by atoms with Crippen molar-refractivity contribution in [2.75, 3.05) is 0 Å². The smallest absolute Gasteiger partial charge is 0.512 e. The first-order valence-corrected chi connectivity index (χ1v) is 26.0. The van der Waals surface area contributed by atoms with Crippen LogP contribution in [0.25, 0.3) is 68.3 Å². The zero-order valence-corrected chi connectivity index (χ0v) is 54.3. The van der Waals surface area contributed by atoms with Gasteiger partial charge in [0.15, 0.2) is 0 Å². The Hall–Kier alpha value is -12.5. The first kappa shape index (κ1) is 82.5. The second-order valence-corrected chi connectivity index (χ2v) is 16.7. The van der Waals surface area contributed by atoms with E-state index < -0.39 is 23.9 Å². The molecular formula is C68H48N16O8Ru3. The maximum Gasteiger partial charge on any atom is 2.00 e. The van der Waals surface area contributed by atoms with Crippen LogP contribution in [0.1, 0.15) is 41.4 Å². The molecule has 0 spiro atoms. The summed E-state index contributed by atoms with van der Waals surface area (Å²) < 4.78 is 0. The topological polar surface area (TPSA) is 399 Å². The molecule has 0 aliphatic rings. The van der Waals surface area contributed by atoms with Crippen molar-refractivity contribution in [1.82, 2.24) is 59.8 Å². The van der Waals surface area contributed by atoms with Crippen LogP contribution >= 0.6 is 0 Å². The van der Waals surface area contributed by atoms with Crippen LogP contribution in [-0.4, -0.2) is 104 Å². The third-order valence-electron chi connectivity index (χ3n) is 10.9. The van der Waals surface area contributed by atoms with Crippen molar-refractivity contribution in [2.45, 2.75) is 0 Å². The molecule has 27 heteroatoms. The Morgan fingerprint density at radius 1 is 0.221 bits per heavy atom. The van der Waals surface area contributed by atoms with Crippen molar-refractivity contribution in [2.24, 2.45) is 0 Å². The third kappa shape index (κ3) is 29.8. The van der Waals surface area contributed by atoms with Crippen molar-refractivity contribution >= 4 is 23.9 Å². The molecule has 0 atom stereocenters. The molecule has 0 fully saturated rings. The predicted molar refractivity (Wildman–Crippen MR) is 333 cm³/mol. The predicted octanol–water partition coefficient (Wildman–Crippen LogP) is 12.0. The number of aromatic nitrogens is 12. The quantitative estimate of drug-likeness (QED) is 0.0729. The largest absolute Gasteiger partial charge is 2.00 e. The number of nitrogens with zero attached hydrogens (tertiary/aromatic N) is 16. The van der Waals surface area contributed by atoms with Gasteiger partial charge in [0.05, 0.1) is 90.6 Å². The second-order valence-electron chi connectivity index (χ2n) is 16.7. The van der Waals surface area contributed by atoms with Gasteiger partial charge >= 0.3 is 62.8 Å². The van der Waals surface area contributed by atoms with Crippen LogP contribution < -0.4 is 0 Å². The standard InChI is InChI=1S/2C12H8N2O4.4C10H8N2.4CN.3Ru/c2*15-11(16)7-1-3-13-9(5-7)10-6-8(12(17)18)2-4-14-10;4*1-3-7-11-9(5-1)10-6-2-4-8-12-10;4*1-2;;;/h2*1-6H,(H,15,16)(H,17,18);4*1-8H;;;;;;;/q;;;;;;4*-1;;2*+2. The molecule has 0 bridgehead atoms. The first-order valence-electron chi connectivity index (χ1n) is 26.0. The molecule has 95 heavy (non-hydrogen) atoms. The van der Waals surface area contributed by atoms with Gasteiger partial charge in [-0.1, -0.05) is 48.5 Å². The van der Waals surface area contributed by atoms with Crippen LogP contribution in [0.15, 0.2) is 268 Å². The van der Waals surface area contributed by atoms with Crippen LogP contribution in [0, 0.1) is 47.3 Å². The molecule has 0 amide bonds. The molecule has 0 saturated carbocycles. The summed E-state index contributed by atoms with van der Waals surface area (Å²) in [4.78, 5) is 92.7. The zero-order chi connectivity index (χ0) is 67.1. The maximum absolute atomic E-state index is 10.8. The summed E-state index contributed by atoms with van der Waals surface area (Å²) in [5.41, 5.74) is 8.88. The van der Waals surface area contributed by atoms with Crippen LogP contribution in [-0.2, 0) is 58.4 Å².